The summed E-state index contributed by atoms with van der Waals surface area (Å²) in [5.74, 6) is 0.677. The summed E-state index contributed by atoms with van der Waals surface area (Å²) in [4.78, 5) is 14.7. The second-order valence-corrected chi connectivity index (χ2v) is 7.18. The third-order valence-electron chi connectivity index (χ3n) is 5.38. The van der Waals surface area contributed by atoms with Crippen molar-refractivity contribution in [3.63, 3.8) is 0 Å². The zero-order valence-electron chi connectivity index (χ0n) is 15.6. The fraction of sp³-hybridized carbons (Fsp3) is 0.409. The molecule has 0 bridgehead atoms. The van der Waals surface area contributed by atoms with Crippen LogP contribution in [0.25, 0.3) is 0 Å². The van der Waals surface area contributed by atoms with Gasteiger partial charge in [0, 0.05) is 31.5 Å². The number of carbonyl (C=O) groups excluding carboxylic acids is 1. The van der Waals surface area contributed by atoms with E-state index in [0.29, 0.717) is 13.0 Å². The van der Waals surface area contributed by atoms with Crippen molar-refractivity contribution in [1.82, 2.24) is 4.90 Å². The van der Waals surface area contributed by atoms with Gasteiger partial charge in [0.1, 0.15) is 0 Å². The van der Waals surface area contributed by atoms with Crippen molar-refractivity contribution in [1.29, 1.82) is 0 Å². The molecular weight excluding hydrogens is 344 g/mol. The first-order valence-electron chi connectivity index (χ1n) is 9.25. The highest BCUT2D eigenvalue weighted by molar-refractivity contribution is 5.85. The maximum atomic E-state index is 12.7. The third kappa shape index (κ3) is 4.66. The Balaban J connectivity index is 0.00000243. The normalized spacial score (nSPS) is 20.5. The van der Waals surface area contributed by atoms with Crippen LogP contribution in [0.1, 0.15) is 48.8 Å². The van der Waals surface area contributed by atoms with Gasteiger partial charge in [-0.15, -0.1) is 12.4 Å². The molecule has 1 aliphatic rings. The number of halogens is 1. The van der Waals surface area contributed by atoms with E-state index in [1.54, 1.807) is 0 Å². The number of carbonyl (C=O) groups is 1. The highest BCUT2D eigenvalue weighted by Crippen LogP contribution is 2.28. The molecule has 1 fully saturated rings. The van der Waals surface area contributed by atoms with Gasteiger partial charge in [0.15, 0.2) is 0 Å². The molecule has 26 heavy (non-hydrogen) atoms. The molecule has 4 heteroatoms. The second kappa shape index (κ2) is 9.20. The zero-order valence-corrected chi connectivity index (χ0v) is 16.4. The molecule has 0 spiro atoms. The molecule has 3 atom stereocenters. The monoisotopic (exact) mass is 372 g/mol. The quantitative estimate of drug-likeness (QED) is 0.858. The molecule has 2 aromatic rings. The number of hydrogen-bond acceptors (Lipinski definition) is 2. The van der Waals surface area contributed by atoms with Gasteiger partial charge in [-0.25, -0.2) is 0 Å². The Labute approximate surface area is 163 Å². The van der Waals surface area contributed by atoms with Gasteiger partial charge in [0.25, 0.3) is 0 Å². The molecule has 0 saturated carbocycles. The molecular formula is C22H29ClN2O. The van der Waals surface area contributed by atoms with Crippen molar-refractivity contribution in [3.8, 4) is 0 Å². The van der Waals surface area contributed by atoms with Crippen molar-refractivity contribution < 1.29 is 4.79 Å². The Kier molecular flexibility index (Phi) is 7.24. The second-order valence-electron chi connectivity index (χ2n) is 7.18. The van der Waals surface area contributed by atoms with E-state index in [-0.39, 0.29) is 36.2 Å². The highest BCUT2D eigenvalue weighted by Gasteiger charge is 2.34. The molecule has 1 aliphatic heterocycles. The average Bonchev–Trinajstić information content (AvgIpc) is 3.04. The highest BCUT2D eigenvalue weighted by atomic mass is 35.5. The Bertz CT molecular complexity index is 702. The van der Waals surface area contributed by atoms with Crippen LogP contribution < -0.4 is 5.73 Å². The van der Waals surface area contributed by atoms with E-state index >= 15 is 0 Å². The van der Waals surface area contributed by atoms with Gasteiger partial charge in [0.05, 0.1) is 0 Å². The summed E-state index contributed by atoms with van der Waals surface area (Å²) in [6, 6.07) is 18.9. The predicted octanol–water partition coefficient (Wildman–Crippen LogP) is 4.12. The fourth-order valence-electron chi connectivity index (χ4n) is 3.68. The number of likely N-dealkylation sites (tertiary alicyclic amines) is 1. The third-order valence-corrected chi connectivity index (χ3v) is 5.38. The number of nitrogens with zero attached hydrogens (tertiary/aromatic N) is 1. The van der Waals surface area contributed by atoms with Crippen LogP contribution in [-0.4, -0.2) is 29.9 Å². The van der Waals surface area contributed by atoms with Crippen LogP contribution in [0.2, 0.25) is 0 Å². The van der Waals surface area contributed by atoms with E-state index in [9.17, 15) is 4.79 Å². The van der Waals surface area contributed by atoms with Crippen molar-refractivity contribution in [2.24, 2.45) is 5.73 Å². The van der Waals surface area contributed by atoms with Gasteiger partial charge in [-0.3, -0.25) is 4.79 Å². The molecule has 2 N–H and O–H groups in total. The van der Waals surface area contributed by atoms with E-state index in [1.165, 1.54) is 16.7 Å². The minimum Gasteiger partial charge on any atom is -0.340 e. The molecule has 1 heterocycles. The van der Waals surface area contributed by atoms with Crippen LogP contribution in [0.15, 0.2) is 54.6 Å². The Morgan fingerprint density at radius 3 is 2.38 bits per heavy atom. The molecule has 0 aromatic heterocycles. The van der Waals surface area contributed by atoms with Crippen molar-refractivity contribution in [3.05, 3.63) is 71.3 Å². The standard InChI is InChI=1S/C22H28N2O.ClH/c1-3-17-9-11-18(12-10-17)16(2)13-22(25)24-14-20(21(23)15-24)19-7-5-4-6-8-19;/h4-12,16,20-21H,3,13-15,23H2,1-2H3;1H/t16?,20-,21+;/m0./s1. The van der Waals surface area contributed by atoms with Gasteiger partial charge < -0.3 is 10.6 Å². The van der Waals surface area contributed by atoms with Crippen LogP contribution in [0, 0.1) is 0 Å². The van der Waals surface area contributed by atoms with E-state index in [1.807, 2.05) is 23.1 Å². The van der Waals surface area contributed by atoms with Crippen LogP contribution >= 0.6 is 12.4 Å². The summed E-state index contributed by atoms with van der Waals surface area (Å²) >= 11 is 0. The number of hydrogen-bond donors (Lipinski definition) is 1. The minimum atomic E-state index is 0. The maximum Gasteiger partial charge on any atom is 0.223 e. The molecule has 0 radical (unpaired) electrons. The molecule has 1 amide bonds. The van der Waals surface area contributed by atoms with Crippen molar-refractivity contribution in [2.45, 2.75) is 44.6 Å². The minimum absolute atomic E-state index is 0. The summed E-state index contributed by atoms with van der Waals surface area (Å²) in [6.45, 7) is 5.66. The Morgan fingerprint density at radius 2 is 1.77 bits per heavy atom. The average molecular weight is 373 g/mol. The molecule has 1 unspecified atom stereocenters. The first-order valence-corrected chi connectivity index (χ1v) is 9.25. The van der Waals surface area contributed by atoms with E-state index in [4.69, 9.17) is 5.73 Å². The number of aryl methyl sites for hydroxylation is 1. The zero-order chi connectivity index (χ0) is 17.8. The lowest BCUT2D eigenvalue weighted by atomic mass is 9.95. The van der Waals surface area contributed by atoms with Gasteiger partial charge in [-0.1, -0.05) is 68.4 Å². The molecule has 0 aliphatic carbocycles. The van der Waals surface area contributed by atoms with Crippen molar-refractivity contribution in [2.75, 3.05) is 13.1 Å². The Hall–Kier alpha value is -1.84. The molecule has 140 valence electrons. The topological polar surface area (TPSA) is 46.3 Å². The van der Waals surface area contributed by atoms with Gasteiger partial charge >= 0.3 is 0 Å². The lowest BCUT2D eigenvalue weighted by molar-refractivity contribution is -0.130. The molecule has 3 rings (SSSR count). The van der Waals surface area contributed by atoms with Crippen LogP contribution in [0.4, 0.5) is 0 Å². The predicted molar refractivity (Wildman–Crippen MR) is 110 cm³/mol. The summed E-state index contributed by atoms with van der Waals surface area (Å²) in [5, 5.41) is 0. The van der Waals surface area contributed by atoms with Crippen LogP contribution in [0.3, 0.4) is 0 Å². The summed E-state index contributed by atoms with van der Waals surface area (Å²) < 4.78 is 0. The van der Waals surface area contributed by atoms with Crippen LogP contribution in [0.5, 0.6) is 0 Å². The number of benzene rings is 2. The number of nitrogens with two attached hydrogens (primary N) is 1. The lowest BCUT2D eigenvalue weighted by Crippen LogP contribution is -2.32. The SMILES string of the molecule is CCc1ccc(C(C)CC(=O)N2C[C@@H](N)[C@H](c3ccccc3)C2)cc1.Cl. The summed E-state index contributed by atoms with van der Waals surface area (Å²) in [7, 11) is 0. The molecule has 1 saturated heterocycles. The molecule has 2 aromatic carbocycles. The fourth-order valence-corrected chi connectivity index (χ4v) is 3.68. The van der Waals surface area contributed by atoms with E-state index in [0.717, 1.165) is 13.0 Å². The number of amides is 1. The van der Waals surface area contributed by atoms with Crippen LogP contribution in [-0.2, 0) is 11.2 Å². The van der Waals surface area contributed by atoms with Gasteiger partial charge in [0.2, 0.25) is 5.91 Å². The largest absolute Gasteiger partial charge is 0.340 e. The summed E-state index contributed by atoms with van der Waals surface area (Å²) in [5.41, 5.74) is 10.1. The Morgan fingerprint density at radius 1 is 1.12 bits per heavy atom. The summed E-state index contributed by atoms with van der Waals surface area (Å²) in [6.07, 6.45) is 1.58. The van der Waals surface area contributed by atoms with Gasteiger partial charge in [-0.05, 0) is 29.0 Å². The smallest absolute Gasteiger partial charge is 0.223 e. The van der Waals surface area contributed by atoms with E-state index < -0.39 is 0 Å². The first kappa shape index (κ1) is 20.5. The maximum absolute atomic E-state index is 12.7. The van der Waals surface area contributed by atoms with E-state index in [2.05, 4.69) is 50.2 Å². The molecule has 3 nitrogen and oxygen atoms in total. The van der Waals surface area contributed by atoms with Crippen molar-refractivity contribution >= 4 is 18.3 Å². The number of rotatable bonds is 5. The first-order chi connectivity index (χ1) is 12.1. The lowest BCUT2D eigenvalue weighted by Gasteiger charge is -2.19. The van der Waals surface area contributed by atoms with Gasteiger partial charge in [-0.2, -0.15) is 0 Å².